The Bertz CT molecular complexity index is 1550. The van der Waals surface area contributed by atoms with Gasteiger partial charge in [-0.1, -0.05) is 16.4 Å². The number of aromatic nitrogens is 7. The molecule has 0 radical (unpaired) electrons. The lowest BCUT2D eigenvalue weighted by Gasteiger charge is -2.10. The number of hydrogen-bond acceptors (Lipinski definition) is 7. The van der Waals surface area contributed by atoms with E-state index in [4.69, 9.17) is 9.26 Å². The first-order valence-corrected chi connectivity index (χ1v) is 10.5. The third kappa shape index (κ3) is 3.24. The summed E-state index contributed by atoms with van der Waals surface area (Å²) in [5, 5.41) is 12.7. The van der Waals surface area contributed by atoms with Crippen LogP contribution in [0.2, 0.25) is 0 Å². The Morgan fingerprint density at radius 1 is 1.03 bits per heavy atom. The predicted octanol–water partition coefficient (Wildman–Crippen LogP) is 3.88. The largest absolute Gasteiger partial charge is 0.487 e. The number of rotatable bonds is 4. The SMILES string of the molecule is Cc1ccc2c(c1)-n1nnc(COc3ccc(F)c(F)c3)c1Cc1c(-c3noc(C)n3)ncn1-2. The lowest BCUT2D eigenvalue weighted by molar-refractivity contribution is 0.297. The summed E-state index contributed by atoms with van der Waals surface area (Å²) < 4.78 is 41.5. The fourth-order valence-corrected chi connectivity index (χ4v) is 4.03. The van der Waals surface area contributed by atoms with Crippen molar-refractivity contribution in [2.75, 3.05) is 0 Å². The molecule has 0 fully saturated rings. The first-order valence-electron chi connectivity index (χ1n) is 10.5. The quantitative estimate of drug-likeness (QED) is 0.393. The average Bonchev–Trinajstić information content (AvgIpc) is 3.52. The molecule has 3 aromatic heterocycles. The summed E-state index contributed by atoms with van der Waals surface area (Å²) in [5.74, 6) is -0.894. The topological polar surface area (TPSA) is 96.7 Å². The molecule has 1 aliphatic heterocycles. The molecule has 0 N–H and O–H groups in total. The fraction of sp³-hybridized carbons (Fsp3) is 0.174. The van der Waals surface area contributed by atoms with Crippen LogP contribution in [-0.2, 0) is 13.0 Å². The highest BCUT2D eigenvalue weighted by molar-refractivity contribution is 5.62. The first-order chi connectivity index (χ1) is 16.5. The minimum absolute atomic E-state index is 0.0202. The molecule has 0 bridgehead atoms. The van der Waals surface area contributed by atoms with Crippen LogP contribution in [0.3, 0.4) is 0 Å². The first kappa shape index (κ1) is 20.2. The Labute approximate surface area is 191 Å². The van der Waals surface area contributed by atoms with E-state index in [0.717, 1.165) is 40.5 Å². The van der Waals surface area contributed by atoms with Gasteiger partial charge in [-0.3, -0.25) is 4.57 Å². The number of ether oxygens (including phenoxy) is 1. The summed E-state index contributed by atoms with van der Waals surface area (Å²) in [6.45, 7) is 3.74. The highest BCUT2D eigenvalue weighted by atomic mass is 19.2. The molecular weight excluding hydrogens is 444 g/mol. The molecule has 34 heavy (non-hydrogen) atoms. The van der Waals surface area contributed by atoms with Gasteiger partial charge in [0.1, 0.15) is 30.1 Å². The lowest BCUT2D eigenvalue weighted by atomic mass is 10.1. The van der Waals surface area contributed by atoms with Crippen LogP contribution in [0.5, 0.6) is 5.75 Å². The van der Waals surface area contributed by atoms with Crippen molar-refractivity contribution in [1.82, 2.24) is 34.7 Å². The van der Waals surface area contributed by atoms with Crippen molar-refractivity contribution in [3.8, 4) is 28.6 Å². The summed E-state index contributed by atoms with van der Waals surface area (Å²) in [4.78, 5) is 8.90. The van der Waals surface area contributed by atoms with Crippen LogP contribution in [-0.4, -0.2) is 34.7 Å². The van der Waals surface area contributed by atoms with Crippen LogP contribution in [0.15, 0.2) is 47.2 Å². The van der Waals surface area contributed by atoms with E-state index >= 15 is 0 Å². The molecule has 6 rings (SSSR count). The maximum Gasteiger partial charge on any atom is 0.223 e. The van der Waals surface area contributed by atoms with E-state index in [1.807, 2.05) is 29.7 Å². The van der Waals surface area contributed by atoms with Gasteiger partial charge in [-0.2, -0.15) is 4.98 Å². The third-order valence-corrected chi connectivity index (χ3v) is 5.67. The highest BCUT2D eigenvalue weighted by Crippen LogP contribution is 2.33. The second kappa shape index (κ2) is 7.58. The lowest BCUT2D eigenvalue weighted by Crippen LogP contribution is -2.06. The Morgan fingerprint density at radius 2 is 1.91 bits per heavy atom. The molecule has 0 atom stereocenters. The summed E-state index contributed by atoms with van der Waals surface area (Å²) in [7, 11) is 0. The maximum absolute atomic E-state index is 13.6. The Hall–Kier alpha value is -4.41. The monoisotopic (exact) mass is 461 g/mol. The van der Waals surface area contributed by atoms with Crippen LogP contribution in [0, 0.1) is 25.5 Å². The minimum Gasteiger partial charge on any atom is -0.487 e. The van der Waals surface area contributed by atoms with E-state index in [2.05, 4.69) is 25.4 Å². The van der Waals surface area contributed by atoms with E-state index in [0.29, 0.717) is 29.5 Å². The van der Waals surface area contributed by atoms with Crippen molar-refractivity contribution in [2.45, 2.75) is 26.9 Å². The summed E-state index contributed by atoms with van der Waals surface area (Å²) in [6, 6.07) is 9.41. The number of halogens is 2. The molecule has 11 heteroatoms. The van der Waals surface area contributed by atoms with Crippen molar-refractivity contribution >= 4 is 0 Å². The van der Waals surface area contributed by atoms with Crippen molar-refractivity contribution in [2.24, 2.45) is 0 Å². The zero-order valence-electron chi connectivity index (χ0n) is 18.2. The molecule has 2 aromatic carbocycles. The van der Waals surface area contributed by atoms with Crippen LogP contribution < -0.4 is 4.74 Å². The second-order valence-corrected chi connectivity index (χ2v) is 7.98. The highest BCUT2D eigenvalue weighted by Gasteiger charge is 2.28. The van der Waals surface area contributed by atoms with E-state index < -0.39 is 11.6 Å². The Kier molecular flexibility index (Phi) is 4.51. The molecule has 0 aliphatic carbocycles. The van der Waals surface area contributed by atoms with Crippen molar-refractivity contribution in [3.63, 3.8) is 0 Å². The second-order valence-electron chi connectivity index (χ2n) is 7.98. The van der Waals surface area contributed by atoms with Gasteiger partial charge in [0, 0.05) is 19.4 Å². The Morgan fingerprint density at radius 3 is 2.71 bits per heavy atom. The van der Waals surface area contributed by atoms with Gasteiger partial charge in [0.2, 0.25) is 11.7 Å². The average molecular weight is 461 g/mol. The van der Waals surface area contributed by atoms with Crippen molar-refractivity contribution in [3.05, 3.63) is 82.9 Å². The molecule has 0 unspecified atom stereocenters. The fourth-order valence-electron chi connectivity index (χ4n) is 4.03. The van der Waals surface area contributed by atoms with Crippen molar-refractivity contribution in [1.29, 1.82) is 0 Å². The van der Waals surface area contributed by atoms with Crippen LogP contribution >= 0.6 is 0 Å². The van der Waals surface area contributed by atoms with Crippen LogP contribution in [0.1, 0.15) is 28.5 Å². The third-order valence-electron chi connectivity index (χ3n) is 5.67. The van der Waals surface area contributed by atoms with E-state index in [-0.39, 0.29) is 12.4 Å². The summed E-state index contributed by atoms with van der Waals surface area (Å²) >= 11 is 0. The molecule has 0 spiro atoms. The number of hydrogen-bond donors (Lipinski definition) is 0. The van der Waals surface area contributed by atoms with Gasteiger partial charge in [-0.15, -0.1) is 5.10 Å². The minimum atomic E-state index is -0.979. The molecule has 9 nitrogen and oxygen atoms in total. The van der Waals surface area contributed by atoms with Crippen molar-refractivity contribution < 1.29 is 18.0 Å². The molecule has 170 valence electrons. The molecule has 0 saturated carbocycles. The maximum atomic E-state index is 13.6. The van der Waals surface area contributed by atoms with Gasteiger partial charge in [0.15, 0.2) is 11.6 Å². The molecule has 0 saturated heterocycles. The molecule has 1 aliphatic rings. The number of nitrogens with zero attached hydrogens (tertiary/aromatic N) is 7. The summed E-state index contributed by atoms with van der Waals surface area (Å²) in [5.41, 5.74) is 5.51. The Balaban J connectivity index is 1.45. The van der Waals surface area contributed by atoms with Gasteiger partial charge in [-0.05, 0) is 36.8 Å². The molecule has 5 aromatic rings. The van der Waals surface area contributed by atoms with E-state index in [1.165, 1.54) is 6.07 Å². The summed E-state index contributed by atoms with van der Waals surface area (Å²) in [6.07, 6.45) is 2.13. The molecule has 4 heterocycles. The zero-order valence-corrected chi connectivity index (χ0v) is 18.2. The molecular formula is C23H17F2N7O2. The number of imidazole rings is 1. The van der Waals surface area contributed by atoms with Gasteiger partial charge >= 0.3 is 0 Å². The van der Waals surface area contributed by atoms with E-state index in [9.17, 15) is 8.78 Å². The standard InChI is InChI=1S/C23H17F2N7O2/c1-12-3-6-18-20(7-12)32-19(9-21-22(26-11-31(18)21)23-27-13(2)34-29-23)17(28-30-32)10-33-14-4-5-15(24)16(25)8-14/h3-8,11H,9-10H2,1-2H3. The van der Waals surface area contributed by atoms with Gasteiger partial charge < -0.3 is 9.26 Å². The zero-order chi connectivity index (χ0) is 23.4. The number of benzene rings is 2. The number of aryl methyl sites for hydroxylation is 2. The predicted molar refractivity (Wildman–Crippen MR) is 115 cm³/mol. The number of fused-ring (bicyclic) bond motifs is 5. The van der Waals surface area contributed by atoms with Gasteiger partial charge in [-0.25, -0.2) is 18.4 Å². The van der Waals surface area contributed by atoms with Gasteiger partial charge in [0.25, 0.3) is 0 Å². The smallest absolute Gasteiger partial charge is 0.223 e. The van der Waals surface area contributed by atoms with Crippen LogP contribution in [0.25, 0.3) is 22.9 Å². The van der Waals surface area contributed by atoms with Gasteiger partial charge in [0.05, 0.1) is 22.8 Å². The normalized spacial score (nSPS) is 12.1. The van der Waals surface area contributed by atoms with Crippen LogP contribution in [0.4, 0.5) is 8.78 Å². The molecule has 0 amide bonds. The van der Waals surface area contributed by atoms with E-state index in [1.54, 1.807) is 17.9 Å².